The Morgan fingerprint density at radius 3 is 1.52 bits per heavy atom. The van der Waals surface area contributed by atoms with Gasteiger partial charge in [-0.1, -0.05) is 111 Å². The van der Waals surface area contributed by atoms with Gasteiger partial charge in [-0.3, -0.25) is 0 Å². The molecule has 0 spiro atoms. The van der Waals surface area contributed by atoms with Crippen LogP contribution in [0.2, 0.25) is 0 Å². The summed E-state index contributed by atoms with van der Waals surface area (Å²) in [6, 6.07) is 29.2. The highest BCUT2D eigenvalue weighted by atomic mass is 28.3. The van der Waals surface area contributed by atoms with Crippen LogP contribution in [-0.4, -0.2) is 8.96 Å². The molecule has 139 valence electrons. The lowest BCUT2D eigenvalue weighted by Crippen LogP contribution is -2.57. The quantitative estimate of drug-likeness (QED) is 0.635. The molecule has 3 rings (SSSR count). The normalized spacial score (nSPS) is 13.0. The Balaban J connectivity index is 2.03. The van der Waals surface area contributed by atoms with Crippen molar-refractivity contribution in [2.24, 2.45) is 5.41 Å². The van der Waals surface area contributed by atoms with E-state index in [-0.39, 0.29) is 11.5 Å². The number of rotatable bonds is 5. The van der Waals surface area contributed by atoms with E-state index in [1.54, 1.807) is 0 Å². The Morgan fingerprint density at radius 2 is 1.11 bits per heavy atom. The molecule has 1 N–H and O–H groups in total. The van der Waals surface area contributed by atoms with Gasteiger partial charge in [-0.2, -0.15) is 0 Å². The fourth-order valence-corrected chi connectivity index (χ4v) is 5.92. The molecule has 1 unspecified atom stereocenters. The van der Waals surface area contributed by atoms with Crippen molar-refractivity contribution in [1.82, 2.24) is 4.98 Å². The maximum Gasteiger partial charge on any atom is 0.206 e. The smallest absolute Gasteiger partial charge is 0.206 e. The first-order chi connectivity index (χ1) is 12.8. The number of nitrogens with one attached hydrogen (secondary N) is 1. The summed E-state index contributed by atoms with van der Waals surface area (Å²) in [5, 5.41) is 2.80. The van der Waals surface area contributed by atoms with Gasteiger partial charge in [0.05, 0.1) is 0 Å². The molecule has 3 aromatic carbocycles. The van der Waals surface area contributed by atoms with Gasteiger partial charge in [0.2, 0.25) is 8.96 Å². The molecular formula is C25H30NSi. The van der Waals surface area contributed by atoms with Crippen LogP contribution in [0, 0.1) is 19.3 Å². The highest BCUT2D eigenvalue weighted by Crippen LogP contribution is 2.32. The summed E-state index contributed by atoms with van der Waals surface area (Å²) >= 11 is 0. The van der Waals surface area contributed by atoms with E-state index in [2.05, 4.69) is 118 Å². The van der Waals surface area contributed by atoms with E-state index < -0.39 is 8.96 Å². The average molecular weight is 373 g/mol. The van der Waals surface area contributed by atoms with Crippen LogP contribution in [0.15, 0.2) is 78.9 Å². The van der Waals surface area contributed by atoms with Crippen molar-refractivity contribution in [2.75, 3.05) is 0 Å². The van der Waals surface area contributed by atoms with Gasteiger partial charge in [0, 0.05) is 6.04 Å². The number of hydrogen-bond donors (Lipinski definition) is 1. The standard InChI is InChI=1S/C25H30NSi/c1-19-11-15-22(16-12-19)27(23-17-13-20(2)14-18-23)26-24(25(3,4)5)21-9-7-6-8-10-21/h6-18,24,26H,1-5H3. The molecule has 0 aromatic heterocycles. The Labute approximate surface area is 166 Å². The highest BCUT2D eigenvalue weighted by Gasteiger charge is 2.30. The van der Waals surface area contributed by atoms with Crippen LogP contribution >= 0.6 is 0 Å². The van der Waals surface area contributed by atoms with Gasteiger partial charge in [-0.15, -0.1) is 0 Å². The SMILES string of the molecule is Cc1ccc([Si](NC(c2ccccc2)C(C)(C)C)c2ccc(C)cc2)cc1. The van der Waals surface area contributed by atoms with Crippen LogP contribution in [0.3, 0.4) is 0 Å². The predicted octanol–water partition coefficient (Wildman–Crippen LogP) is 4.79. The number of hydrogen-bond acceptors (Lipinski definition) is 1. The van der Waals surface area contributed by atoms with Crippen molar-refractivity contribution in [2.45, 2.75) is 40.7 Å². The second-order valence-corrected chi connectivity index (χ2v) is 10.7. The Bertz CT molecular complexity index is 800. The van der Waals surface area contributed by atoms with Crippen molar-refractivity contribution < 1.29 is 0 Å². The van der Waals surface area contributed by atoms with E-state index in [1.807, 2.05) is 0 Å². The fraction of sp³-hybridized carbons (Fsp3) is 0.280. The summed E-state index contributed by atoms with van der Waals surface area (Å²) < 4.78 is 0. The number of benzene rings is 3. The minimum atomic E-state index is -1.11. The van der Waals surface area contributed by atoms with Crippen LogP contribution in [0.25, 0.3) is 0 Å². The van der Waals surface area contributed by atoms with Crippen molar-refractivity contribution in [3.8, 4) is 0 Å². The van der Waals surface area contributed by atoms with Gasteiger partial charge in [-0.05, 0) is 35.2 Å². The molecule has 0 aliphatic heterocycles. The topological polar surface area (TPSA) is 12.0 Å². The fourth-order valence-electron chi connectivity index (χ4n) is 3.36. The third-order valence-electron chi connectivity index (χ3n) is 4.97. The van der Waals surface area contributed by atoms with Crippen LogP contribution in [0.5, 0.6) is 0 Å². The first-order valence-electron chi connectivity index (χ1n) is 9.67. The molecule has 0 heterocycles. The van der Waals surface area contributed by atoms with E-state index >= 15 is 0 Å². The molecule has 2 heteroatoms. The zero-order valence-corrected chi connectivity index (χ0v) is 18.1. The van der Waals surface area contributed by atoms with Gasteiger partial charge in [0.1, 0.15) is 0 Å². The van der Waals surface area contributed by atoms with Gasteiger partial charge in [0.25, 0.3) is 0 Å². The van der Waals surface area contributed by atoms with Gasteiger partial charge < -0.3 is 4.98 Å². The summed E-state index contributed by atoms with van der Waals surface area (Å²) in [4.78, 5) is 4.08. The molecule has 3 aromatic rings. The van der Waals surface area contributed by atoms with Crippen LogP contribution in [-0.2, 0) is 0 Å². The lowest BCUT2D eigenvalue weighted by atomic mass is 9.83. The average Bonchev–Trinajstić information content (AvgIpc) is 2.64. The second-order valence-electron chi connectivity index (χ2n) is 8.46. The lowest BCUT2D eigenvalue weighted by molar-refractivity contribution is 0.306. The number of aryl methyl sites for hydroxylation is 2. The first kappa shape index (κ1) is 19.6. The van der Waals surface area contributed by atoms with E-state index in [9.17, 15) is 0 Å². The molecular weight excluding hydrogens is 342 g/mol. The molecule has 27 heavy (non-hydrogen) atoms. The maximum atomic E-state index is 4.08. The lowest BCUT2D eigenvalue weighted by Gasteiger charge is -2.35. The van der Waals surface area contributed by atoms with Crippen LogP contribution in [0.4, 0.5) is 0 Å². The van der Waals surface area contributed by atoms with Crippen molar-refractivity contribution in [3.63, 3.8) is 0 Å². The first-order valence-corrected chi connectivity index (χ1v) is 11.2. The monoisotopic (exact) mass is 372 g/mol. The third kappa shape index (κ3) is 4.97. The molecule has 1 atom stereocenters. The molecule has 1 radical (unpaired) electrons. The minimum Gasteiger partial charge on any atom is -0.324 e. The van der Waals surface area contributed by atoms with E-state index in [4.69, 9.17) is 0 Å². The summed E-state index contributed by atoms with van der Waals surface area (Å²) in [5.74, 6) is 0. The van der Waals surface area contributed by atoms with Crippen molar-refractivity contribution >= 4 is 19.3 Å². The van der Waals surface area contributed by atoms with Crippen LogP contribution < -0.4 is 15.4 Å². The molecule has 1 nitrogen and oxygen atoms in total. The molecule has 0 amide bonds. The van der Waals surface area contributed by atoms with Gasteiger partial charge in [-0.25, -0.2) is 0 Å². The Kier molecular flexibility index (Phi) is 5.98. The summed E-state index contributed by atoms with van der Waals surface area (Å²) in [6.07, 6.45) is 0. The molecule has 0 bridgehead atoms. The van der Waals surface area contributed by atoms with Gasteiger partial charge in [0.15, 0.2) is 0 Å². The molecule has 0 saturated carbocycles. The largest absolute Gasteiger partial charge is 0.324 e. The van der Waals surface area contributed by atoms with Crippen molar-refractivity contribution in [3.05, 3.63) is 95.6 Å². The van der Waals surface area contributed by atoms with E-state index in [0.717, 1.165) is 0 Å². The third-order valence-corrected chi connectivity index (χ3v) is 7.37. The second kappa shape index (κ2) is 8.24. The van der Waals surface area contributed by atoms with Gasteiger partial charge >= 0.3 is 0 Å². The van der Waals surface area contributed by atoms with Crippen molar-refractivity contribution in [1.29, 1.82) is 0 Å². The minimum absolute atomic E-state index is 0.118. The maximum absolute atomic E-state index is 4.08. The van der Waals surface area contributed by atoms with E-state index in [1.165, 1.54) is 27.1 Å². The van der Waals surface area contributed by atoms with Crippen LogP contribution in [0.1, 0.15) is 43.5 Å². The van der Waals surface area contributed by atoms with E-state index in [0.29, 0.717) is 0 Å². The molecule has 0 aliphatic rings. The highest BCUT2D eigenvalue weighted by molar-refractivity contribution is 6.83. The zero-order chi connectivity index (χ0) is 19.4. The Morgan fingerprint density at radius 1 is 0.667 bits per heavy atom. The predicted molar refractivity (Wildman–Crippen MR) is 119 cm³/mol. The zero-order valence-electron chi connectivity index (χ0n) is 17.1. The molecule has 0 saturated heterocycles. The summed E-state index contributed by atoms with van der Waals surface area (Å²) in [7, 11) is -1.11. The molecule has 0 fully saturated rings. The molecule has 0 aliphatic carbocycles. The Hall–Kier alpha value is -2.16. The summed E-state index contributed by atoms with van der Waals surface area (Å²) in [6.45, 7) is 11.3. The summed E-state index contributed by atoms with van der Waals surface area (Å²) in [5.41, 5.74) is 4.08.